The molecule has 1 atom stereocenters. The first-order chi connectivity index (χ1) is 10.8. The van der Waals surface area contributed by atoms with Crippen molar-refractivity contribution in [2.45, 2.75) is 24.8 Å². The number of aryl methyl sites for hydroxylation is 1. The van der Waals surface area contributed by atoms with E-state index in [0.717, 1.165) is 11.8 Å². The van der Waals surface area contributed by atoms with Gasteiger partial charge in [0.1, 0.15) is 12.0 Å². The number of rotatable bonds is 6. The molecule has 0 spiro atoms. The van der Waals surface area contributed by atoms with E-state index in [4.69, 9.17) is 0 Å². The Kier molecular flexibility index (Phi) is 4.95. The lowest BCUT2D eigenvalue weighted by Crippen LogP contribution is -2.26. The van der Waals surface area contributed by atoms with Gasteiger partial charge in [0.05, 0.1) is 15.6 Å². The number of sulfone groups is 1. The number of nitrogens with one attached hydrogen (secondary N) is 1. The Morgan fingerprint density at radius 3 is 2.39 bits per heavy atom. The molecule has 0 aliphatic rings. The van der Waals surface area contributed by atoms with Gasteiger partial charge in [-0.1, -0.05) is 17.7 Å². The fraction of sp³-hybridized carbons (Fsp3) is 0.267. The van der Waals surface area contributed by atoms with E-state index < -0.39 is 20.8 Å². The summed E-state index contributed by atoms with van der Waals surface area (Å²) in [5.74, 6) is 0.288. The molecule has 1 aromatic carbocycles. The van der Waals surface area contributed by atoms with Crippen molar-refractivity contribution in [1.29, 1.82) is 0 Å². The molecule has 1 heterocycles. The number of hydrogen-bond acceptors (Lipinski definition) is 6. The van der Waals surface area contributed by atoms with E-state index >= 15 is 0 Å². The highest BCUT2D eigenvalue weighted by Gasteiger charge is 2.18. The normalized spacial score (nSPS) is 12.6. The summed E-state index contributed by atoms with van der Waals surface area (Å²) in [5, 5.41) is 13.5. The average molecular weight is 335 g/mol. The van der Waals surface area contributed by atoms with Crippen molar-refractivity contribution in [3.8, 4) is 0 Å². The molecule has 122 valence electrons. The van der Waals surface area contributed by atoms with E-state index in [9.17, 15) is 18.5 Å². The summed E-state index contributed by atoms with van der Waals surface area (Å²) in [7, 11) is -3.42. The van der Waals surface area contributed by atoms with Crippen LogP contribution in [0.15, 0.2) is 47.5 Å². The van der Waals surface area contributed by atoms with Gasteiger partial charge in [0, 0.05) is 12.1 Å². The van der Waals surface area contributed by atoms with Crippen molar-refractivity contribution in [2.75, 3.05) is 11.1 Å². The van der Waals surface area contributed by atoms with Gasteiger partial charge in [0.15, 0.2) is 9.84 Å². The van der Waals surface area contributed by atoms with Gasteiger partial charge in [-0.05, 0) is 32.0 Å². The molecule has 1 aromatic heterocycles. The highest BCUT2D eigenvalue weighted by atomic mass is 32.2. The van der Waals surface area contributed by atoms with Crippen LogP contribution in [0.4, 0.5) is 11.5 Å². The van der Waals surface area contributed by atoms with Crippen LogP contribution in [0.25, 0.3) is 0 Å². The fourth-order valence-electron chi connectivity index (χ4n) is 2.04. The van der Waals surface area contributed by atoms with E-state index in [1.165, 1.54) is 12.1 Å². The topological polar surface area (TPSA) is 102 Å². The number of nitro groups is 1. The third kappa shape index (κ3) is 4.49. The minimum atomic E-state index is -3.42. The molecule has 8 heteroatoms. The average Bonchev–Trinajstić information content (AvgIpc) is 2.47. The maximum atomic E-state index is 12.3. The van der Waals surface area contributed by atoms with Crippen molar-refractivity contribution >= 4 is 21.3 Å². The first kappa shape index (κ1) is 16.9. The molecule has 0 fully saturated rings. The molecule has 0 bridgehead atoms. The molecule has 0 saturated heterocycles. The minimum Gasteiger partial charge on any atom is -0.367 e. The van der Waals surface area contributed by atoms with Gasteiger partial charge in [-0.3, -0.25) is 10.1 Å². The standard InChI is InChI=1S/C15H17N3O4S/c1-11-3-6-14(7-4-11)23(21,22)10-12(2)17-15-8-5-13(9-16-15)18(19)20/h3-9,12H,10H2,1-2H3,(H,16,17)/t12-/m0/s1. The third-order valence-corrected chi connectivity index (χ3v) is 5.13. The molecule has 0 aliphatic carbocycles. The summed E-state index contributed by atoms with van der Waals surface area (Å²) in [6.45, 7) is 3.61. The fourth-order valence-corrected chi connectivity index (χ4v) is 3.53. The molecule has 2 aromatic rings. The summed E-state index contributed by atoms with van der Waals surface area (Å²) in [6.07, 6.45) is 1.13. The molecule has 0 radical (unpaired) electrons. The molecule has 0 aliphatic heterocycles. The molecule has 0 unspecified atom stereocenters. The minimum absolute atomic E-state index is 0.102. The van der Waals surface area contributed by atoms with Gasteiger partial charge in [0.2, 0.25) is 0 Å². The lowest BCUT2D eigenvalue weighted by atomic mass is 10.2. The zero-order valence-corrected chi connectivity index (χ0v) is 13.6. The molecule has 2 rings (SSSR count). The smallest absolute Gasteiger partial charge is 0.287 e. The van der Waals surface area contributed by atoms with Crippen molar-refractivity contribution in [3.05, 3.63) is 58.3 Å². The number of aromatic nitrogens is 1. The van der Waals surface area contributed by atoms with Crippen LogP contribution in [-0.2, 0) is 9.84 Å². The second-order valence-electron chi connectivity index (χ2n) is 5.30. The van der Waals surface area contributed by atoms with Gasteiger partial charge in [-0.15, -0.1) is 0 Å². The Morgan fingerprint density at radius 1 is 1.22 bits per heavy atom. The Balaban J connectivity index is 2.04. The zero-order valence-electron chi connectivity index (χ0n) is 12.8. The summed E-state index contributed by atoms with van der Waals surface area (Å²) in [4.78, 5) is 14.2. The van der Waals surface area contributed by atoms with Crippen LogP contribution in [0.5, 0.6) is 0 Å². The van der Waals surface area contributed by atoms with Gasteiger partial charge >= 0.3 is 0 Å². The Hall–Kier alpha value is -2.48. The Bertz CT molecular complexity index is 786. The number of pyridine rings is 1. The Labute approximate surface area is 134 Å². The van der Waals surface area contributed by atoms with E-state index in [0.29, 0.717) is 5.82 Å². The highest BCUT2D eigenvalue weighted by molar-refractivity contribution is 7.91. The third-order valence-electron chi connectivity index (χ3n) is 3.20. The number of anilines is 1. The predicted molar refractivity (Wildman–Crippen MR) is 87.2 cm³/mol. The van der Waals surface area contributed by atoms with Gasteiger partial charge in [-0.25, -0.2) is 13.4 Å². The molecular weight excluding hydrogens is 318 g/mol. The SMILES string of the molecule is Cc1ccc(S(=O)(=O)C[C@H](C)Nc2ccc([N+](=O)[O-])cn2)cc1. The lowest BCUT2D eigenvalue weighted by molar-refractivity contribution is -0.385. The van der Waals surface area contributed by atoms with Crippen molar-refractivity contribution < 1.29 is 13.3 Å². The predicted octanol–water partition coefficient (Wildman–Crippen LogP) is 2.57. The monoisotopic (exact) mass is 335 g/mol. The van der Waals surface area contributed by atoms with Crippen LogP contribution in [0, 0.1) is 17.0 Å². The zero-order chi connectivity index (χ0) is 17.0. The maximum Gasteiger partial charge on any atom is 0.287 e. The summed E-state index contributed by atoms with van der Waals surface area (Å²) in [5.41, 5.74) is 0.876. The Morgan fingerprint density at radius 2 is 1.87 bits per heavy atom. The molecule has 0 saturated carbocycles. The maximum absolute atomic E-state index is 12.3. The van der Waals surface area contributed by atoms with E-state index in [1.54, 1.807) is 31.2 Å². The second kappa shape index (κ2) is 6.74. The number of benzene rings is 1. The first-order valence-electron chi connectivity index (χ1n) is 6.94. The molecular formula is C15H17N3O4S. The number of nitrogens with zero attached hydrogens (tertiary/aromatic N) is 2. The van der Waals surface area contributed by atoms with Crippen molar-refractivity contribution in [1.82, 2.24) is 4.98 Å². The quantitative estimate of drug-likeness (QED) is 0.643. The van der Waals surface area contributed by atoms with Crippen molar-refractivity contribution in [2.24, 2.45) is 0 Å². The lowest BCUT2D eigenvalue weighted by Gasteiger charge is -2.14. The first-order valence-corrected chi connectivity index (χ1v) is 8.59. The van der Waals surface area contributed by atoms with Gasteiger partial charge in [-0.2, -0.15) is 0 Å². The highest BCUT2D eigenvalue weighted by Crippen LogP contribution is 2.16. The van der Waals surface area contributed by atoms with E-state index in [1.807, 2.05) is 6.92 Å². The van der Waals surface area contributed by atoms with Crippen LogP contribution in [0.1, 0.15) is 12.5 Å². The van der Waals surface area contributed by atoms with Gasteiger partial charge < -0.3 is 5.32 Å². The number of hydrogen-bond donors (Lipinski definition) is 1. The van der Waals surface area contributed by atoms with Crippen molar-refractivity contribution in [3.63, 3.8) is 0 Å². The van der Waals surface area contributed by atoms with Gasteiger partial charge in [0.25, 0.3) is 5.69 Å². The molecule has 7 nitrogen and oxygen atoms in total. The van der Waals surface area contributed by atoms with E-state index in [2.05, 4.69) is 10.3 Å². The summed E-state index contributed by atoms with van der Waals surface area (Å²) < 4.78 is 24.7. The second-order valence-corrected chi connectivity index (χ2v) is 7.33. The molecule has 23 heavy (non-hydrogen) atoms. The summed E-state index contributed by atoms with van der Waals surface area (Å²) in [6, 6.07) is 9.05. The van der Waals surface area contributed by atoms with Crippen LogP contribution < -0.4 is 5.32 Å². The van der Waals surface area contributed by atoms with Crippen LogP contribution in [0.2, 0.25) is 0 Å². The van der Waals surface area contributed by atoms with Crippen LogP contribution in [-0.4, -0.2) is 30.1 Å². The molecule has 0 amide bonds. The molecule has 1 N–H and O–H groups in total. The van der Waals surface area contributed by atoms with Crippen LogP contribution >= 0.6 is 0 Å². The van der Waals surface area contributed by atoms with E-state index in [-0.39, 0.29) is 16.3 Å². The largest absolute Gasteiger partial charge is 0.367 e. The van der Waals surface area contributed by atoms with Crippen LogP contribution in [0.3, 0.4) is 0 Å². The summed E-state index contributed by atoms with van der Waals surface area (Å²) >= 11 is 0.